The first-order valence-corrected chi connectivity index (χ1v) is 14.5. The molecule has 0 heterocycles. The highest BCUT2D eigenvalue weighted by Crippen LogP contribution is 2.74. The van der Waals surface area contributed by atoms with Crippen molar-refractivity contribution in [3.63, 3.8) is 0 Å². The van der Waals surface area contributed by atoms with Gasteiger partial charge in [-0.25, -0.2) is 0 Å². The van der Waals surface area contributed by atoms with Crippen molar-refractivity contribution in [2.24, 2.45) is 45.3 Å². The van der Waals surface area contributed by atoms with Crippen LogP contribution in [0.5, 0.6) is 0 Å². The number of ether oxygens (including phenoxy) is 1. The molecule has 37 heavy (non-hydrogen) atoms. The van der Waals surface area contributed by atoms with E-state index < -0.39 is 29.1 Å². The topological polar surface area (TPSA) is 83.8 Å². The summed E-state index contributed by atoms with van der Waals surface area (Å²) in [6, 6.07) is 0. The van der Waals surface area contributed by atoms with Crippen molar-refractivity contribution >= 4 is 12.3 Å². The molecular formula is C32H50O5. The van der Waals surface area contributed by atoms with Gasteiger partial charge in [0, 0.05) is 23.7 Å². The third-order valence-corrected chi connectivity index (χ3v) is 11.8. The molecule has 0 amide bonds. The Balaban J connectivity index is 1.79. The SMILES string of the molecule is CC(=O)O[C@H]1C=C2[C@@H](CC[C@H](O)C2(C)C)[C@]2(C=O)CC[C@]3(C)C([C@H](C)C[C@@H](O)C=C(C)C)CC[C@@]3(C)[C@H]12. The number of fused-ring (bicyclic) bond motifs is 5. The molecule has 0 aliphatic heterocycles. The van der Waals surface area contributed by atoms with Gasteiger partial charge in [0.05, 0.1) is 12.2 Å². The maximum Gasteiger partial charge on any atom is 0.303 e. The summed E-state index contributed by atoms with van der Waals surface area (Å²) in [6.45, 7) is 16.7. The van der Waals surface area contributed by atoms with Gasteiger partial charge in [0.25, 0.3) is 0 Å². The Bertz CT molecular complexity index is 976. The second-order valence-corrected chi connectivity index (χ2v) is 14.3. The molecule has 4 aliphatic carbocycles. The van der Waals surface area contributed by atoms with E-state index in [1.54, 1.807) is 0 Å². The third-order valence-electron chi connectivity index (χ3n) is 11.8. The van der Waals surface area contributed by atoms with Gasteiger partial charge in [0.2, 0.25) is 0 Å². The van der Waals surface area contributed by atoms with E-state index in [1.807, 2.05) is 19.9 Å². The summed E-state index contributed by atoms with van der Waals surface area (Å²) in [5.41, 5.74) is 0.954. The van der Waals surface area contributed by atoms with Crippen LogP contribution in [-0.2, 0) is 14.3 Å². The molecule has 0 aromatic heterocycles. The highest BCUT2D eigenvalue weighted by atomic mass is 16.5. The van der Waals surface area contributed by atoms with E-state index in [4.69, 9.17) is 4.74 Å². The van der Waals surface area contributed by atoms with Crippen LogP contribution in [0.1, 0.15) is 100 Å². The van der Waals surface area contributed by atoms with Crippen LogP contribution in [-0.4, -0.2) is 40.8 Å². The number of hydrogen-bond donors (Lipinski definition) is 2. The zero-order chi connectivity index (χ0) is 27.6. The average Bonchev–Trinajstić information content (AvgIpc) is 3.06. The van der Waals surface area contributed by atoms with Gasteiger partial charge in [0.1, 0.15) is 12.4 Å². The molecule has 3 saturated carbocycles. The van der Waals surface area contributed by atoms with E-state index in [2.05, 4.69) is 40.7 Å². The molecule has 5 heteroatoms. The Morgan fingerprint density at radius 3 is 2.35 bits per heavy atom. The molecule has 0 bridgehead atoms. The average molecular weight is 515 g/mol. The molecule has 0 saturated heterocycles. The smallest absolute Gasteiger partial charge is 0.303 e. The molecule has 0 radical (unpaired) electrons. The van der Waals surface area contributed by atoms with Gasteiger partial charge in [-0.1, -0.05) is 51.8 Å². The molecular weight excluding hydrogens is 464 g/mol. The first-order chi connectivity index (χ1) is 17.1. The van der Waals surface area contributed by atoms with Crippen LogP contribution in [0.4, 0.5) is 0 Å². The first kappa shape index (κ1) is 28.5. The van der Waals surface area contributed by atoms with Crippen LogP contribution >= 0.6 is 0 Å². The van der Waals surface area contributed by atoms with Gasteiger partial charge in [-0.15, -0.1) is 0 Å². The highest BCUT2D eigenvalue weighted by Gasteiger charge is 2.71. The second-order valence-electron chi connectivity index (χ2n) is 14.3. The molecule has 208 valence electrons. The first-order valence-electron chi connectivity index (χ1n) is 14.5. The number of carbonyl (C=O) groups is 2. The number of aliphatic hydroxyl groups is 2. The summed E-state index contributed by atoms with van der Waals surface area (Å²) in [6.07, 6.45) is 9.89. The molecule has 5 nitrogen and oxygen atoms in total. The van der Waals surface area contributed by atoms with Crippen LogP contribution in [0.15, 0.2) is 23.3 Å². The lowest BCUT2D eigenvalue weighted by molar-refractivity contribution is -0.194. The molecule has 0 spiro atoms. The Kier molecular flexibility index (Phi) is 7.42. The number of carbonyl (C=O) groups excluding carboxylic acids is 2. The van der Waals surface area contributed by atoms with Crippen molar-refractivity contribution in [2.75, 3.05) is 0 Å². The van der Waals surface area contributed by atoms with Crippen molar-refractivity contribution in [3.8, 4) is 0 Å². The van der Waals surface area contributed by atoms with Gasteiger partial charge < -0.3 is 19.7 Å². The number of hydrogen-bond acceptors (Lipinski definition) is 5. The van der Waals surface area contributed by atoms with Gasteiger partial charge in [0.15, 0.2) is 0 Å². The van der Waals surface area contributed by atoms with E-state index in [1.165, 1.54) is 13.2 Å². The van der Waals surface area contributed by atoms with E-state index in [9.17, 15) is 19.8 Å². The maximum absolute atomic E-state index is 13.3. The van der Waals surface area contributed by atoms with Crippen molar-refractivity contribution < 1.29 is 24.5 Å². The highest BCUT2D eigenvalue weighted by molar-refractivity contribution is 5.68. The number of aliphatic hydroxyl groups excluding tert-OH is 2. The van der Waals surface area contributed by atoms with Gasteiger partial charge >= 0.3 is 5.97 Å². The summed E-state index contributed by atoms with van der Waals surface area (Å²) < 4.78 is 6.08. The predicted octanol–water partition coefficient (Wildman–Crippen LogP) is 6.03. The fraction of sp³-hybridized carbons (Fsp3) is 0.812. The maximum atomic E-state index is 13.3. The summed E-state index contributed by atoms with van der Waals surface area (Å²) in [5, 5.41) is 21.6. The Morgan fingerprint density at radius 2 is 1.76 bits per heavy atom. The lowest BCUT2D eigenvalue weighted by atomic mass is 9.38. The molecule has 4 aliphatic rings. The number of rotatable bonds is 6. The van der Waals surface area contributed by atoms with Gasteiger partial charge in [-0.2, -0.15) is 0 Å². The predicted molar refractivity (Wildman–Crippen MR) is 146 cm³/mol. The van der Waals surface area contributed by atoms with E-state index >= 15 is 0 Å². The number of aldehydes is 1. The van der Waals surface area contributed by atoms with Crippen LogP contribution in [0.3, 0.4) is 0 Å². The minimum atomic E-state index is -0.602. The van der Waals surface area contributed by atoms with Crippen molar-refractivity contribution in [3.05, 3.63) is 23.3 Å². The molecule has 0 aromatic carbocycles. The molecule has 1 unspecified atom stereocenters. The summed E-state index contributed by atoms with van der Waals surface area (Å²) in [7, 11) is 0. The summed E-state index contributed by atoms with van der Waals surface area (Å²) >= 11 is 0. The standard InChI is InChI=1S/C32H50O5/c1-19(2)15-22(35)16-20(3)23-11-12-31(8)28-26(37-21(4)34)17-25-24(9-10-27(36)29(25,5)6)32(28,18-33)14-13-30(23,31)7/h15,17-18,20,22-24,26-28,35-36H,9-14,16H2,1-8H3/t20-,22+,23?,24-,26+,27+,28+,30-,31+,32-/m1/s1. The largest absolute Gasteiger partial charge is 0.458 e. The van der Waals surface area contributed by atoms with E-state index in [-0.39, 0.29) is 28.6 Å². The summed E-state index contributed by atoms with van der Waals surface area (Å²) in [5.74, 6) is 0.414. The van der Waals surface area contributed by atoms with Crippen LogP contribution in [0.25, 0.3) is 0 Å². The molecule has 3 fully saturated rings. The number of esters is 1. The minimum Gasteiger partial charge on any atom is -0.458 e. The molecule has 4 rings (SSSR count). The molecule has 2 N–H and O–H groups in total. The lowest BCUT2D eigenvalue weighted by Gasteiger charge is -2.66. The Hall–Kier alpha value is -1.46. The van der Waals surface area contributed by atoms with Crippen LogP contribution < -0.4 is 0 Å². The monoisotopic (exact) mass is 514 g/mol. The fourth-order valence-electron chi connectivity index (χ4n) is 9.81. The Labute approximate surface area is 224 Å². The molecule has 0 aromatic rings. The zero-order valence-electron chi connectivity index (χ0n) is 24.3. The second kappa shape index (κ2) is 9.62. The fourth-order valence-corrected chi connectivity index (χ4v) is 9.81. The Morgan fingerprint density at radius 1 is 1.08 bits per heavy atom. The van der Waals surface area contributed by atoms with Crippen LogP contribution in [0.2, 0.25) is 0 Å². The van der Waals surface area contributed by atoms with Gasteiger partial charge in [-0.3, -0.25) is 4.79 Å². The quantitative estimate of drug-likeness (QED) is 0.257. The van der Waals surface area contributed by atoms with Gasteiger partial charge in [-0.05, 0) is 93.5 Å². The zero-order valence-corrected chi connectivity index (χ0v) is 24.3. The lowest BCUT2D eigenvalue weighted by Crippen LogP contribution is -2.64. The molecule has 10 atom stereocenters. The van der Waals surface area contributed by atoms with Crippen molar-refractivity contribution in [1.29, 1.82) is 0 Å². The minimum absolute atomic E-state index is 0.0261. The van der Waals surface area contributed by atoms with E-state index in [0.717, 1.165) is 49.7 Å². The number of allylic oxidation sites excluding steroid dienone is 1. The van der Waals surface area contributed by atoms with Crippen molar-refractivity contribution in [1.82, 2.24) is 0 Å². The summed E-state index contributed by atoms with van der Waals surface area (Å²) in [4.78, 5) is 25.7. The van der Waals surface area contributed by atoms with Crippen molar-refractivity contribution in [2.45, 2.75) is 119 Å². The third kappa shape index (κ3) is 4.27. The normalized spacial score (nSPS) is 43.8. The van der Waals surface area contributed by atoms with E-state index in [0.29, 0.717) is 18.3 Å². The van der Waals surface area contributed by atoms with Crippen LogP contribution in [0, 0.1) is 45.3 Å².